The Bertz CT molecular complexity index is 513. The molecule has 0 saturated carbocycles. The summed E-state index contributed by atoms with van der Waals surface area (Å²) in [5, 5.41) is 1.80. The van der Waals surface area contributed by atoms with Crippen molar-refractivity contribution >= 4 is 39.3 Å². The van der Waals surface area contributed by atoms with E-state index in [1.165, 1.54) is 11.1 Å². The van der Waals surface area contributed by atoms with Crippen molar-refractivity contribution in [3.63, 3.8) is 0 Å². The number of halogens is 2. The lowest BCUT2D eigenvalue weighted by Gasteiger charge is -2.05. The molecule has 17 heavy (non-hydrogen) atoms. The Labute approximate surface area is 119 Å². The van der Waals surface area contributed by atoms with Crippen molar-refractivity contribution in [3.8, 4) is 0 Å². The van der Waals surface area contributed by atoms with Crippen LogP contribution in [0.4, 0.5) is 0 Å². The molecule has 0 atom stereocenters. The van der Waals surface area contributed by atoms with Crippen LogP contribution in [0.25, 0.3) is 0 Å². The van der Waals surface area contributed by atoms with Crippen LogP contribution in [0.15, 0.2) is 46.0 Å². The second-order valence-electron chi connectivity index (χ2n) is 3.66. The third-order valence-corrected chi connectivity index (χ3v) is 4.92. The summed E-state index contributed by atoms with van der Waals surface area (Å²) in [7, 11) is 0. The molecule has 0 spiro atoms. The van der Waals surface area contributed by atoms with Crippen LogP contribution in [0.1, 0.15) is 11.1 Å². The van der Waals surface area contributed by atoms with E-state index in [0.29, 0.717) is 0 Å². The lowest BCUT2D eigenvalue weighted by atomic mass is 10.2. The molecule has 0 amide bonds. The summed E-state index contributed by atoms with van der Waals surface area (Å²) in [6.45, 7) is 2.07. The molecule has 2 aromatic rings. The standard InChI is InChI=1S/C13H11BrClNS/c1-9-6-7-16-13(12(9)14)17-8-10-2-4-11(15)5-3-10/h2-7H,8H2,1H3. The second kappa shape index (κ2) is 5.89. The minimum absolute atomic E-state index is 0.772. The predicted octanol–water partition coefficient (Wildman–Crippen LogP) is 5.10. The van der Waals surface area contributed by atoms with Crippen LogP contribution in [-0.4, -0.2) is 4.98 Å². The molecule has 1 heterocycles. The number of rotatable bonds is 3. The minimum Gasteiger partial charge on any atom is -0.249 e. The van der Waals surface area contributed by atoms with Crippen LogP contribution in [0.2, 0.25) is 5.02 Å². The largest absolute Gasteiger partial charge is 0.249 e. The quantitative estimate of drug-likeness (QED) is 0.727. The predicted molar refractivity (Wildman–Crippen MR) is 77.7 cm³/mol. The number of aromatic nitrogens is 1. The molecular formula is C13H11BrClNS. The highest BCUT2D eigenvalue weighted by Crippen LogP contribution is 2.30. The summed E-state index contributed by atoms with van der Waals surface area (Å²) >= 11 is 11.1. The summed E-state index contributed by atoms with van der Waals surface area (Å²) in [5.74, 6) is 0.895. The zero-order valence-electron chi connectivity index (χ0n) is 9.28. The van der Waals surface area contributed by atoms with E-state index in [0.717, 1.165) is 20.3 Å². The van der Waals surface area contributed by atoms with Crippen LogP contribution in [0.3, 0.4) is 0 Å². The van der Waals surface area contributed by atoms with Crippen molar-refractivity contribution in [2.75, 3.05) is 0 Å². The second-order valence-corrected chi connectivity index (χ2v) is 5.86. The monoisotopic (exact) mass is 327 g/mol. The molecule has 1 nitrogen and oxygen atoms in total. The van der Waals surface area contributed by atoms with Gasteiger partial charge < -0.3 is 0 Å². The van der Waals surface area contributed by atoms with E-state index in [4.69, 9.17) is 11.6 Å². The number of aryl methyl sites for hydroxylation is 1. The Morgan fingerprint density at radius 3 is 2.65 bits per heavy atom. The number of nitrogens with zero attached hydrogens (tertiary/aromatic N) is 1. The van der Waals surface area contributed by atoms with E-state index in [2.05, 4.69) is 27.8 Å². The first-order chi connectivity index (χ1) is 8.16. The van der Waals surface area contributed by atoms with E-state index < -0.39 is 0 Å². The van der Waals surface area contributed by atoms with Crippen LogP contribution in [0, 0.1) is 6.92 Å². The van der Waals surface area contributed by atoms with Crippen molar-refractivity contribution in [2.24, 2.45) is 0 Å². The first-order valence-corrected chi connectivity index (χ1v) is 7.31. The molecule has 0 fully saturated rings. The van der Waals surface area contributed by atoms with Gasteiger partial charge in [-0.05, 0) is 52.2 Å². The minimum atomic E-state index is 0.772. The molecule has 0 bridgehead atoms. The van der Waals surface area contributed by atoms with Crippen LogP contribution in [0.5, 0.6) is 0 Å². The molecule has 88 valence electrons. The summed E-state index contributed by atoms with van der Waals surface area (Å²) in [6, 6.07) is 9.90. The number of hydrogen-bond donors (Lipinski definition) is 0. The lowest BCUT2D eigenvalue weighted by molar-refractivity contribution is 1.08. The van der Waals surface area contributed by atoms with Gasteiger partial charge in [-0.2, -0.15) is 0 Å². The number of thioether (sulfide) groups is 1. The molecule has 0 saturated heterocycles. The highest BCUT2D eigenvalue weighted by molar-refractivity contribution is 9.10. The van der Waals surface area contributed by atoms with Gasteiger partial charge in [0.25, 0.3) is 0 Å². The molecular weight excluding hydrogens is 318 g/mol. The topological polar surface area (TPSA) is 12.9 Å². The fraction of sp³-hybridized carbons (Fsp3) is 0.154. The van der Waals surface area contributed by atoms with Crippen molar-refractivity contribution in [3.05, 3.63) is 57.2 Å². The normalized spacial score (nSPS) is 10.5. The van der Waals surface area contributed by atoms with Gasteiger partial charge in [0.2, 0.25) is 0 Å². The maximum Gasteiger partial charge on any atom is 0.111 e. The zero-order chi connectivity index (χ0) is 12.3. The van der Waals surface area contributed by atoms with E-state index in [1.807, 2.05) is 36.5 Å². The average molecular weight is 329 g/mol. The molecule has 0 aliphatic rings. The SMILES string of the molecule is Cc1ccnc(SCc2ccc(Cl)cc2)c1Br. The van der Waals surface area contributed by atoms with Gasteiger partial charge in [-0.1, -0.05) is 23.7 Å². The summed E-state index contributed by atoms with van der Waals surface area (Å²) in [4.78, 5) is 4.36. The number of pyridine rings is 1. The van der Waals surface area contributed by atoms with Gasteiger partial charge in [0.15, 0.2) is 0 Å². The maximum absolute atomic E-state index is 5.85. The first-order valence-electron chi connectivity index (χ1n) is 5.15. The van der Waals surface area contributed by atoms with E-state index in [-0.39, 0.29) is 0 Å². The van der Waals surface area contributed by atoms with Gasteiger partial charge >= 0.3 is 0 Å². The smallest absolute Gasteiger partial charge is 0.111 e. The van der Waals surface area contributed by atoms with E-state index in [1.54, 1.807) is 11.8 Å². The van der Waals surface area contributed by atoms with E-state index in [9.17, 15) is 0 Å². The van der Waals surface area contributed by atoms with Crippen molar-refractivity contribution in [1.29, 1.82) is 0 Å². The zero-order valence-corrected chi connectivity index (χ0v) is 12.4. The molecule has 0 aliphatic carbocycles. The fourth-order valence-corrected chi connectivity index (χ4v) is 2.97. The molecule has 0 radical (unpaired) electrons. The number of benzene rings is 1. The third kappa shape index (κ3) is 3.47. The molecule has 1 aromatic heterocycles. The Hall–Kier alpha value is -0.510. The Kier molecular flexibility index (Phi) is 4.48. The molecule has 4 heteroatoms. The molecule has 0 aliphatic heterocycles. The van der Waals surface area contributed by atoms with Gasteiger partial charge in [0, 0.05) is 17.0 Å². The summed E-state index contributed by atoms with van der Waals surface area (Å²) < 4.78 is 1.08. The third-order valence-electron chi connectivity index (χ3n) is 2.34. The van der Waals surface area contributed by atoms with Gasteiger partial charge in [0.1, 0.15) is 5.03 Å². The number of hydrogen-bond acceptors (Lipinski definition) is 2. The average Bonchev–Trinajstić information content (AvgIpc) is 2.33. The molecule has 1 aromatic carbocycles. The van der Waals surface area contributed by atoms with Crippen LogP contribution in [-0.2, 0) is 5.75 Å². The van der Waals surface area contributed by atoms with Gasteiger partial charge in [-0.25, -0.2) is 4.98 Å². The summed E-state index contributed by atoms with van der Waals surface area (Å²) in [6.07, 6.45) is 1.84. The van der Waals surface area contributed by atoms with E-state index >= 15 is 0 Å². The van der Waals surface area contributed by atoms with Crippen molar-refractivity contribution in [1.82, 2.24) is 4.98 Å². The highest BCUT2D eigenvalue weighted by Gasteiger charge is 2.04. The molecule has 2 rings (SSSR count). The van der Waals surface area contributed by atoms with Gasteiger partial charge in [-0.3, -0.25) is 0 Å². The van der Waals surface area contributed by atoms with Gasteiger partial charge in [0.05, 0.1) is 4.47 Å². The molecule has 0 unspecified atom stereocenters. The summed E-state index contributed by atoms with van der Waals surface area (Å²) in [5.41, 5.74) is 2.45. The van der Waals surface area contributed by atoms with Crippen molar-refractivity contribution in [2.45, 2.75) is 17.7 Å². The maximum atomic E-state index is 5.85. The first kappa shape index (κ1) is 12.9. The Morgan fingerprint density at radius 2 is 1.94 bits per heavy atom. The highest BCUT2D eigenvalue weighted by atomic mass is 79.9. The Balaban J connectivity index is 2.07. The van der Waals surface area contributed by atoms with Gasteiger partial charge in [-0.15, -0.1) is 11.8 Å². The van der Waals surface area contributed by atoms with Crippen LogP contribution < -0.4 is 0 Å². The van der Waals surface area contributed by atoms with Crippen molar-refractivity contribution < 1.29 is 0 Å². The fourth-order valence-electron chi connectivity index (χ4n) is 1.35. The lowest BCUT2D eigenvalue weighted by Crippen LogP contribution is -1.86. The van der Waals surface area contributed by atoms with Crippen LogP contribution >= 0.6 is 39.3 Å². The molecule has 0 N–H and O–H groups in total. The Morgan fingerprint density at radius 1 is 1.24 bits per heavy atom.